The first kappa shape index (κ1) is 15.7. The molecule has 2 rings (SSSR count). The second-order valence-corrected chi connectivity index (χ2v) is 5.55. The molecule has 3 nitrogen and oxygen atoms in total. The minimum absolute atomic E-state index is 0.0228. The molecule has 2 N–H and O–H groups in total. The van der Waals surface area contributed by atoms with Gasteiger partial charge in [0.2, 0.25) is 0 Å². The minimum atomic E-state index is -0.496. The van der Waals surface area contributed by atoms with Crippen LogP contribution in [0.25, 0.3) is 0 Å². The number of methoxy groups -OCH3 is 1. The van der Waals surface area contributed by atoms with Crippen molar-refractivity contribution in [2.45, 2.75) is 6.61 Å². The average molecular weight is 370 g/mol. The molecule has 110 valence electrons. The Morgan fingerprint density at radius 3 is 2.57 bits per heavy atom. The molecular weight excluding hydrogens is 357 g/mol. The number of nitrogens with two attached hydrogens (primary N) is 1. The molecule has 0 atom stereocenters. The summed E-state index contributed by atoms with van der Waals surface area (Å²) in [5.74, 6) is 0.638. The summed E-state index contributed by atoms with van der Waals surface area (Å²) in [6.45, 7) is 0.281. The lowest BCUT2D eigenvalue weighted by Gasteiger charge is -2.10. The summed E-state index contributed by atoms with van der Waals surface area (Å²) in [5, 5.41) is 0. The largest absolute Gasteiger partial charge is 0.497 e. The molecule has 0 aliphatic heterocycles. The van der Waals surface area contributed by atoms with Crippen LogP contribution in [0.3, 0.4) is 0 Å². The number of rotatable bonds is 5. The van der Waals surface area contributed by atoms with Crippen LogP contribution in [0.2, 0.25) is 0 Å². The maximum absolute atomic E-state index is 13.7. The van der Waals surface area contributed by atoms with Gasteiger partial charge in [0, 0.05) is 21.7 Å². The molecule has 0 unspecified atom stereocenters. The third-order valence-corrected chi connectivity index (χ3v) is 3.85. The molecule has 6 heteroatoms. The number of benzene rings is 2. The standard InChI is InChI=1S/C15H13BrFNO2S/c1-19-10-3-5-13(16)9(6-10)8-20-11-2-4-12(15(18)21)14(17)7-11/h2-7H,8H2,1H3,(H2,18,21). The van der Waals surface area contributed by atoms with Crippen LogP contribution in [-0.4, -0.2) is 12.1 Å². The molecule has 0 radical (unpaired) electrons. The summed E-state index contributed by atoms with van der Waals surface area (Å²) in [4.78, 5) is 0.0228. The summed E-state index contributed by atoms with van der Waals surface area (Å²) < 4.78 is 25.4. The van der Waals surface area contributed by atoms with Crippen molar-refractivity contribution < 1.29 is 13.9 Å². The van der Waals surface area contributed by atoms with Crippen molar-refractivity contribution in [3.05, 3.63) is 57.8 Å². The van der Waals surface area contributed by atoms with Gasteiger partial charge in [0.15, 0.2) is 0 Å². The van der Waals surface area contributed by atoms with E-state index in [1.54, 1.807) is 13.2 Å². The van der Waals surface area contributed by atoms with E-state index in [2.05, 4.69) is 15.9 Å². The SMILES string of the molecule is COc1ccc(Br)c(COc2ccc(C(N)=S)c(F)c2)c1. The molecule has 0 aliphatic carbocycles. The highest BCUT2D eigenvalue weighted by Gasteiger charge is 2.08. The molecule has 0 fully saturated rings. The van der Waals surface area contributed by atoms with E-state index in [9.17, 15) is 4.39 Å². The second kappa shape index (κ2) is 6.87. The first-order valence-electron chi connectivity index (χ1n) is 6.06. The summed E-state index contributed by atoms with van der Waals surface area (Å²) in [7, 11) is 1.59. The Labute approximate surface area is 136 Å². The number of thiocarbonyl (C=S) groups is 1. The molecular formula is C15H13BrFNO2S. The van der Waals surface area contributed by atoms with Crippen molar-refractivity contribution in [2.75, 3.05) is 7.11 Å². The van der Waals surface area contributed by atoms with Gasteiger partial charge in [-0.25, -0.2) is 4.39 Å². The van der Waals surface area contributed by atoms with Crippen molar-refractivity contribution in [1.82, 2.24) is 0 Å². The summed E-state index contributed by atoms with van der Waals surface area (Å²) >= 11 is 8.19. The maximum atomic E-state index is 13.7. The molecule has 2 aromatic carbocycles. The molecule has 0 spiro atoms. The smallest absolute Gasteiger partial charge is 0.137 e. The zero-order chi connectivity index (χ0) is 15.4. The highest BCUT2D eigenvalue weighted by atomic mass is 79.9. The molecule has 0 saturated heterocycles. The molecule has 0 bridgehead atoms. The van der Waals surface area contributed by atoms with Crippen LogP contribution in [0.15, 0.2) is 40.9 Å². The molecule has 0 aromatic heterocycles. The Hall–Kier alpha value is -1.66. The van der Waals surface area contributed by atoms with E-state index in [0.29, 0.717) is 5.75 Å². The fourth-order valence-electron chi connectivity index (χ4n) is 1.74. The quantitative estimate of drug-likeness (QED) is 0.813. The molecule has 0 heterocycles. The lowest BCUT2D eigenvalue weighted by atomic mass is 10.2. The van der Waals surface area contributed by atoms with E-state index in [4.69, 9.17) is 27.4 Å². The summed E-state index contributed by atoms with van der Waals surface area (Å²) in [6, 6.07) is 9.96. The van der Waals surface area contributed by atoms with Gasteiger partial charge in [0.25, 0.3) is 0 Å². The molecule has 2 aromatic rings. The van der Waals surface area contributed by atoms with Crippen LogP contribution in [0.4, 0.5) is 4.39 Å². The number of halogens is 2. The minimum Gasteiger partial charge on any atom is -0.497 e. The first-order chi connectivity index (χ1) is 10.0. The maximum Gasteiger partial charge on any atom is 0.137 e. The lowest BCUT2D eigenvalue weighted by Crippen LogP contribution is -2.11. The Morgan fingerprint density at radius 1 is 1.24 bits per heavy atom. The molecule has 0 saturated carbocycles. The number of hydrogen-bond acceptors (Lipinski definition) is 3. The van der Waals surface area contributed by atoms with Crippen molar-refractivity contribution in [1.29, 1.82) is 0 Å². The summed E-state index contributed by atoms with van der Waals surface area (Å²) in [5.41, 5.74) is 6.52. The zero-order valence-electron chi connectivity index (χ0n) is 11.2. The van der Waals surface area contributed by atoms with Crippen LogP contribution < -0.4 is 15.2 Å². The van der Waals surface area contributed by atoms with Gasteiger partial charge in [0.1, 0.15) is 28.9 Å². The fraction of sp³-hybridized carbons (Fsp3) is 0.133. The Bertz CT molecular complexity index is 679. The number of hydrogen-bond donors (Lipinski definition) is 1. The van der Waals surface area contributed by atoms with Gasteiger partial charge in [-0.15, -0.1) is 0 Å². The molecule has 21 heavy (non-hydrogen) atoms. The van der Waals surface area contributed by atoms with Gasteiger partial charge in [-0.05, 0) is 30.3 Å². The van der Waals surface area contributed by atoms with Crippen LogP contribution in [0, 0.1) is 5.82 Å². The predicted molar refractivity (Wildman–Crippen MR) is 87.3 cm³/mol. The predicted octanol–water partition coefficient (Wildman–Crippen LogP) is 3.81. The first-order valence-corrected chi connectivity index (χ1v) is 7.26. The van der Waals surface area contributed by atoms with Gasteiger partial charge >= 0.3 is 0 Å². The van der Waals surface area contributed by atoms with Crippen molar-refractivity contribution in [2.24, 2.45) is 5.73 Å². The van der Waals surface area contributed by atoms with E-state index in [0.717, 1.165) is 15.8 Å². The van der Waals surface area contributed by atoms with Crippen molar-refractivity contribution >= 4 is 33.1 Å². The Balaban J connectivity index is 2.13. The van der Waals surface area contributed by atoms with Gasteiger partial charge in [-0.2, -0.15) is 0 Å². The Kier molecular flexibility index (Phi) is 5.14. The molecule has 0 amide bonds. The highest BCUT2D eigenvalue weighted by molar-refractivity contribution is 9.10. The van der Waals surface area contributed by atoms with Gasteiger partial charge < -0.3 is 15.2 Å². The van der Waals surface area contributed by atoms with E-state index in [1.165, 1.54) is 12.1 Å². The van der Waals surface area contributed by atoms with E-state index in [1.807, 2.05) is 18.2 Å². The van der Waals surface area contributed by atoms with E-state index in [-0.39, 0.29) is 17.2 Å². The normalized spacial score (nSPS) is 10.2. The summed E-state index contributed by atoms with van der Waals surface area (Å²) in [6.07, 6.45) is 0. The van der Waals surface area contributed by atoms with Crippen LogP contribution in [0.1, 0.15) is 11.1 Å². The topological polar surface area (TPSA) is 44.5 Å². The second-order valence-electron chi connectivity index (χ2n) is 4.25. The fourth-order valence-corrected chi connectivity index (χ4v) is 2.26. The molecule has 0 aliphatic rings. The van der Waals surface area contributed by atoms with E-state index >= 15 is 0 Å². The zero-order valence-corrected chi connectivity index (χ0v) is 13.6. The highest BCUT2D eigenvalue weighted by Crippen LogP contribution is 2.24. The van der Waals surface area contributed by atoms with Crippen LogP contribution in [0.5, 0.6) is 11.5 Å². The van der Waals surface area contributed by atoms with E-state index < -0.39 is 5.82 Å². The van der Waals surface area contributed by atoms with Crippen molar-refractivity contribution in [3.63, 3.8) is 0 Å². The van der Waals surface area contributed by atoms with Gasteiger partial charge in [0.05, 0.1) is 7.11 Å². The van der Waals surface area contributed by atoms with Crippen molar-refractivity contribution in [3.8, 4) is 11.5 Å². The average Bonchev–Trinajstić information content (AvgIpc) is 2.46. The van der Waals surface area contributed by atoms with Crippen LogP contribution >= 0.6 is 28.1 Å². The monoisotopic (exact) mass is 369 g/mol. The van der Waals surface area contributed by atoms with Gasteiger partial charge in [-0.1, -0.05) is 28.1 Å². The Morgan fingerprint density at radius 2 is 1.95 bits per heavy atom. The van der Waals surface area contributed by atoms with Gasteiger partial charge in [-0.3, -0.25) is 0 Å². The third kappa shape index (κ3) is 3.92. The van der Waals surface area contributed by atoms with Crippen LogP contribution in [-0.2, 0) is 6.61 Å². The third-order valence-electron chi connectivity index (χ3n) is 2.85. The number of ether oxygens (including phenoxy) is 2. The lowest BCUT2D eigenvalue weighted by molar-refractivity contribution is 0.303.